The Labute approximate surface area is 125 Å². The number of carbonyl (C=O) groups is 1. The van der Waals surface area contributed by atoms with E-state index in [0.717, 1.165) is 12.8 Å². The van der Waals surface area contributed by atoms with Gasteiger partial charge in [-0.1, -0.05) is 16.5 Å². The van der Waals surface area contributed by atoms with Gasteiger partial charge in [-0.25, -0.2) is 4.98 Å². The van der Waals surface area contributed by atoms with E-state index in [1.807, 2.05) is 0 Å². The Kier molecular flexibility index (Phi) is 3.74. The third-order valence-corrected chi connectivity index (χ3v) is 3.97. The molecule has 3 rings (SSSR count). The lowest BCUT2D eigenvalue weighted by atomic mass is 10.4. The number of nitrogens with one attached hydrogen (secondary N) is 2. The van der Waals surface area contributed by atoms with Crippen molar-refractivity contribution in [3.8, 4) is 0 Å². The summed E-state index contributed by atoms with van der Waals surface area (Å²) in [5.74, 6) is 1.12. The van der Waals surface area contributed by atoms with Gasteiger partial charge in [-0.05, 0) is 12.8 Å². The van der Waals surface area contributed by atoms with Gasteiger partial charge in [-0.2, -0.15) is 4.98 Å². The van der Waals surface area contributed by atoms with Gasteiger partial charge in [0.2, 0.25) is 5.89 Å². The quantitative estimate of drug-likeness (QED) is 0.727. The van der Waals surface area contributed by atoms with E-state index >= 15 is 0 Å². The molecule has 0 aromatic carbocycles. The highest BCUT2D eigenvalue weighted by molar-refractivity contribution is 7.18. The molecule has 0 spiro atoms. The van der Waals surface area contributed by atoms with E-state index in [0.29, 0.717) is 40.7 Å². The van der Waals surface area contributed by atoms with Crippen molar-refractivity contribution in [2.24, 2.45) is 0 Å². The van der Waals surface area contributed by atoms with Gasteiger partial charge in [-0.3, -0.25) is 4.79 Å². The van der Waals surface area contributed by atoms with E-state index in [-0.39, 0.29) is 11.7 Å². The summed E-state index contributed by atoms with van der Waals surface area (Å²) in [6.07, 6.45) is 2.80. The van der Waals surface area contributed by atoms with Crippen molar-refractivity contribution in [3.63, 3.8) is 0 Å². The van der Waals surface area contributed by atoms with Crippen LogP contribution in [0.2, 0.25) is 0 Å². The molecule has 0 aliphatic heterocycles. The van der Waals surface area contributed by atoms with E-state index < -0.39 is 0 Å². The smallest absolute Gasteiger partial charge is 0.265 e. The normalized spacial score (nSPS) is 14.1. The van der Waals surface area contributed by atoms with Crippen LogP contribution < -0.4 is 16.4 Å². The van der Waals surface area contributed by atoms with Crippen LogP contribution in [0.1, 0.15) is 34.2 Å². The van der Waals surface area contributed by atoms with Crippen molar-refractivity contribution in [2.45, 2.75) is 32.2 Å². The number of hydrogen-bond donors (Lipinski definition) is 3. The van der Waals surface area contributed by atoms with Crippen molar-refractivity contribution >= 4 is 28.2 Å². The summed E-state index contributed by atoms with van der Waals surface area (Å²) in [6.45, 7) is 2.14. The average Bonchev–Trinajstić information content (AvgIpc) is 3.03. The molecular formula is C12H16N6O2S. The molecule has 8 nitrogen and oxygen atoms in total. The molecule has 1 fully saturated rings. The van der Waals surface area contributed by atoms with E-state index in [4.69, 9.17) is 10.3 Å². The molecule has 2 aromatic heterocycles. The number of thiazole rings is 1. The van der Waals surface area contributed by atoms with Crippen LogP contribution in [0.4, 0.5) is 10.9 Å². The van der Waals surface area contributed by atoms with Gasteiger partial charge >= 0.3 is 0 Å². The molecule has 0 bridgehead atoms. The van der Waals surface area contributed by atoms with Gasteiger partial charge in [0.05, 0.1) is 0 Å². The van der Waals surface area contributed by atoms with Gasteiger partial charge in [0.15, 0.2) is 11.0 Å². The Hall–Kier alpha value is -2.16. The van der Waals surface area contributed by atoms with Crippen LogP contribution in [0.25, 0.3) is 0 Å². The number of amides is 1. The Morgan fingerprint density at radius 3 is 2.95 bits per heavy atom. The Bertz CT molecular complexity index is 648. The van der Waals surface area contributed by atoms with Crippen molar-refractivity contribution in [1.29, 1.82) is 0 Å². The molecule has 9 heteroatoms. The predicted molar refractivity (Wildman–Crippen MR) is 78.2 cm³/mol. The van der Waals surface area contributed by atoms with Gasteiger partial charge in [0, 0.05) is 25.9 Å². The van der Waals surface area contributed by atoms with Crippen molar-refractivity contribution in [2.75, 3.05) is 17.6 Å². The van der Waals surface area contributed by atoms with Gasteiger partial charge < -0.3 is 20.9 Å². The first-order valence-corrected chi connectivity index (χ1v) is 7.53. The zero-order valence-electron chi connectivity index (χ0n) is 11.5. The van der Waals surface area contributed by atoms with Crippen LogP contribution in [0.15, 0.2) is 4.52 Å². The third kappa shape index (κ3) is 3.48. The van der Waals surface area contributed by atoms with Crippen LogP contribution in [0.5, 0.6) is 0 Å². The highest BCUT2D eigenvalue weighted by Crippen LogP contribution is 2.30. The lowest BCUT2D eigenvalue weighted by molar-refractivity contribution is 0.0958. The molecule has 1 aliphatic rings. The molecule has 112 valence electrons. The lowest BCUT2D eigenvalue weighted by Crippen LogP contribution is -2.25. The molecule has 2 heterocycles. The summed E-state index contributed by atoms with van der Waals surface area (Å²) in [5, 5.41) is 10.5. The molecule has 21 heavy (non-hydrogen) atoms. The number of aryl methyl sites for hydroxylation is 1. The predicted octanol–water partition coefficient (Wildman–Crippen LogP) is 0.964. The Morgan fingerprint density at radius 2 is 2.29 bits per heavy atom. The molecular weight excluding hydrogens is 292 g/mol. The number of nitrogens with two attached hydrogens (primary N) is 1. The van der Waals surface area contributed by atoms with Crippen LogP contribution in [-0.4, -0.2) is 33.6 Å². The van der Waals surface area contributed by atoms with Gasteiger partial charge in [0.1, 0.15) is 10.7 Å². The molecule has 1 saturated carbocycles. The third-order valence-electron chi connectivity index (χ3n) is 2.97. The van der Waals surface area contributed by atoms with E-state index in [1.54, 1.807) is 6.92 Å². The van der Waals surface area contributed by atoms with E-state index in [9.17, 15) is 4.79 Å². The fraction of sp³-hybridized carbons (Fsp3) is 0.500. The summed E-state index contributed by atoms with van der Waals surface area (Å²) < 4.78 is 4.86. The first kappa shape index (κ1) is 13.8. The highest BCUT2D eigenvalue weighted by Gasteiger charge is 2.24. The molecule has 0 unspecified atom stereocenters. The summed E-state index contributed by atoms with van der Waals surface area (Å²) >= 11 is 1.28. The molecule has 0 atom stereocenters. The zero-order chi connectivity index (χ0) is 14.8. The van der Waals surface area contributed by atoms with Crippen molar-refractivity contribution < 1.29 is 9.32 Å². The topological polar surface area (TPSA) is 119 Å². The molecule has 1 aliphatic carbocycles. The maximum absolute atomic E-state index is 12.1. The lowest BCUT2D eigenvalue weighted by Gasteiger charge is -2.01. The van der Waals surface area contributed by atoms with E-state index in [1.165, 1.54) is 11.3 Å². The van der Waals surface area contributed by atoms with Gasteiger partial charge in [-0.15, -0.1) is 0 Å². The fourth-order valence-corrected chi connectivity index (χ4v) is 2.65. The summed E-state index contributed by atoms with van der Waals surface area (Å²) in [5.41, 5.74) is 5.78. The number of nitrogens with zero attached hydrogens (tertiary/aromatic N) is 3. The second-order valence-electron chi connectivity index (χ2n) is 4.89. The second kappa shape index (κ2) is 5.68. The Balaban J connectivity index is 1.53. The molecule has 0 saturated heterocycles. The maximum atomic E-state index is 12.1. The van der Waals surface area contributed by atoms with E-state index in [2.05, 4.69) is 25.8 Å². The Morgan fingerprint density at radius 1 is 1.48 bits per heavy atom. The number of anilines is 2. The fourth-order valence-electron chi connectivity index (χ4n) is 1.77. The average molecular weight is 308 g/mol. The molecule has 4 N–H and O–H groups in total. The number of hydrogen-bond acceptors (Lipinski definition) is 8. The summed E-state index contributed by atoms with van der Waals surface area (Å²) in [7, 11) is 0. The highest BCUT2D eigenvalue weighted by atomic mass is 32.1. The van der Waals surface area contributed by atoms with Crippen LogP contribution in [-0.2, 0) is 6.42 Å². The number of rotatable bonds is 6. The van der Waals surface area contributed by atoms with Gasteiger partial charge in [0.25, 0.3) is 5.91 Å². The largest absolute Gasteiger partial charge is 0.382 e. The molecule has 0 radical (unpaired) electrons. The first-order chi connectivity index (χ1) is 10.1. The summed E-state index contributed by atoms with van der Waals surface area (Å²) in [6, 6.07) is 0.480. The molecule has 1 amide bonds. The minimum atomic E-state index is -0.228. The first-order valence-electron chi connectivity index (χ1n) is 6.72. The van der Waals surface area contributed by atoms with Crippen molar-refractivity contribution in [3.05, 3.63) is 16.6 Å². The van der Waals surface area contributed by atoms with Crippen LogP contribution in [0, 0.1) is 6.92 Å². The minimum Gasteiger partial charge on any atom is -0.382 e. The minimum absolute atomic E-state index is 0.228. The number of aromatic nitrogens is 3. The SMILES string of the molecule is Cc1nc(CCNC(=O)c2sc(NC3CC3)nc2N)no1. The summed E-state index contributed by atoms with van der Waals surface area (Å²) in [4.78, 5) is 20.7. The van der Waals surface area contributed by atoms with Crippen LogP contribution in [0.3, 0.4) is 0 Å². The maximum Gasteiger partial charge on any atom is 0.265 e. The molecule has 2 aromatic rings. The number of carbonyl (C=O) groups excluding carboxylic acids is 1. The van der Waals surface area contributed by atoms with Crippen LogP contribution >= 0.6 is 11.3 Å². The second-order valence-corrected chi connectivity index (χ2v) is 5.89. The zero-order valence-corrected chi connectivity index (χ0v) is 12.4. The van der Waals surface area contributed by atoms with Crippen molar-refractivity contribution in [1.82, 2.24) is 20.4 Å². The standard InChI is InChI=1S/C12H16N6O2S/c1-6-15-8(18-20-6)4-5-14-11(19)9-10(13)17-12(21-9)16-7-2-3-7/h7H,2-5,13H2,1H3,(H,14,19)(H,16,17). The monoisotopic (exact) mass is 308 g/mol. The number of nitrogen functional groups attached to an aromatic ring is 1.